The van der Waals surface area contributed by atoms with E-state index in [4.69, 9.17) is 4.42 Å². The Labute approximate surface area is 137 Å². The molecule has 0 radical (unpaired) electrons. The first-order valence-electron chi connectivity index (χ1n) is 7.84. The molecule has 120 valence electrons. The molecule has 0 fully saturated rings. The number of nitrogens with zero attached hydrogens (tertiary/aromatic N) is 3. The van der Waals surface area contributed by atoms with Crippen LogP contribution in [0.2, 0.25) is 0 Å². The summed E-state index contributed by atoms with van der Waals surface area (Å²) in [6.07, 6.45) is 1.95. The van der Waals surface area contributed by atoms with Crippen LogP contribution in [0, 0.1) is 13.8 Å². The van der Waals surface area contributed by atoms with Crippen molar-refractivity contribution in [2.24, 2.45) is 7.05 Å². The van der Waals surface area contributed by atoms with E-state index in [1.807, 2.05) is 37.0 Å². The zero-order valence-electron chi connectivity index (χ0n) is 14.2. The van der Waals surface area contributed by atoms with E-state index in [-0.39, 0.29) is 0 Å². The number of hydrogen-bond donors (Lipinski definition) is 0. The summed E-state index contributed by atoms with van der Waals surface area (Å²) in [7, 11) is 4.11. The maximum atomic E-state index is 5.72. The van der Waals surface area contributed by atoms with Crippen molar-refractivity contribution in [2.45, 2.75) is 26.9 Å². The van der Waals surface area contributed by atoms with E-state index in [0.717, 1.165) is 30.2 Å². The Morgan fingerprint density at radius 3 is 2.61 bits per heavy atom. The molecule has 0 aliphatic rings. The smallest absolute Gasteiger partial charge is 0.134 e. The largest absolute Gasteiger partial charge is 0.461 e. The second-order valence-corrected chi connectivity index (χ2v) is 6.16. The summed E-state index contributed by atoms with van der Waals surface area (Å²) in [6.45, 7) is 5.86. The molecular formula is C19H23N3O. The SMILES string of the molecule is Cc1ccc(-c2cccc(CN(C)Cc3cnn(C)c3C)c2)o1. The molecule has 2 aromatic heterocycles. The third-order valence-electron chi connectivity index (χ3n) is 4.18. The van der Waals surface area contributed by atoms with Gasteiger partial charge in [0.15, 0.2) is 0 Å². The van der Waals surface area contributed by atoms with Crippen LogP contribution in [0.4, 0.5) is 0 Å². The lowest BCUT2D eigenvalue weighted by atomic mass is 10.1. The van der Waals surface area contributed by atoms with Crippen LogP contribution in [0.5, 0.6) is 0 Å². The average Bonchev–Trinajstić information content (AvgIpc) is 3.09. The zero-order valence-corrected chi connectivity index (χ0v) is 14.2. The molecule has 2 heterocycles. The molecule has 0 bridgehead atoms. The Balaban J connectivity index is 1.71. The van der Waals surface area contributed by atoms with Gasteiger partial charge in [-0.1, -0.05) is 18.2 Å². The first-order chi connectivity index (χ1) is 11.0. The maximum absolute atomic E-state index is 5.72. The Kier molecular flexibility index (Phi) is 4.35. The first kappa shape index (κ1) is 15.6. The summed E-state index contributed by atoms with van der Waals surface area (Å²) in [5, 5.41) is 4.31. The Bertz CT molecular complexity index is 801. The van der Waals surface area contributed by atoms with Gasteiger partial charge in [-0.05, 0) is 44.7 Å². The summed E-state index contributed by atoms with van der Waals surface area (Å²) < 4.78 is 7.64. The number of benzene rings is 1. The van der Waals surface area contributed by atoms with Gasteiger partial charge in [-0.3, -0.25) is 9.58 Å². The fourth-order valence-electron chi connectivity index (χ4n) is 2.77. The van der Waals surface area contributed by atoms with Crippen LogP contribution >= 0.6 is 0 Å². The van der Waals surface area contributed by atoms with Gasteiger partial charge in [0.1, 0.15) is 11.5 Å². The van der Waals surface area contributed by atoms with Gasteiger partial charge < -0.3 is 4.42 Å². The van der Waals surface area contributed by atoms with Crippen LogP contribution in [0.3, 0.4) is 0 Å². The molecule has 0 N–H and O–H groups in total. The summed E-state index contributed by atoms with van der Waals surface area (Å²) in [5.41, 5.74) is 4.90. The summed E-state index contributed by atoms with van der Waals surface area (Å²) >= 11 is 0. The van der Waals surface area contributed by atoms with Crippen molar-refractivity contribution in [3.05, 3.63) is 65.2 Å². The predicted molar refractivity (Wildman–Crippen MR) is 92.0 cm³/mol. The number of aromatic nitrogens is 2. The molecule has 3 rings (SSSR count). The molecule has 4 nitrogen and oxygen atoms in total. The standard InChI is InChI=1S/C19H23N3O/c1-14-8-9-19(23-14)17-7-5-6-16(10-17)12-21(3)13-18-11-20-22(4)15(18)2/h5-11H,12-13H2,1-4H3. The topological polar surface area (TPSA) is 34.2 Å². The first-order valence-corrected chi connectivity index (χ1v) is 7.84. The summed E-state index contributed by atoms with van der Waals surface area (Å²) in [5.74, 6) is 1.87. The van der Waals surface area contributed by atoms with Crippen molar-refractivity contribution in [3.8, 4) is 11.3 Å². The van der Waals surface area contributed by atoms with Gasteiger partial charge in [-0.15, -0.1) is 0 Å². The van der Waals surface area contributed by atoms with E-state index in [2.05, 4.69) is 48.2 Å². The van der Waals surface area contributed by atoms with Gasteiger partial charge >= 0.3 is 0 Å². The number of rotatable bonds is 5. The monoisotopic (exact) mass is 309 g/mol. The molecule has 0 saturated carbocycles. The van der Waals surface area contributed by atoms with Crippen molar-refractivity contribution in [2.75, 3.05) is 7.05 Å². The minimum Gasteiger partial charge on any atom is -0.461 e. The van der Waals surface area contributed by atoms with Crippen molar-refractivity contribution < 1.29 is 4.42 Å². The van der Waals surface area contributed by atoms with Crippen LogP contribution < -0.4 is 0 Å². The molecule has 0 aliphatic heterocycles. The van der Waals surface area contributed by atoms with Gasteiger partial charge in [0.25, 0.3) is 0 Å². The number of furan rings is 1. The quantitative estimate of drug-likeness (QED) is 0.716. The summed E-state index contributed by atoms with van der Waals surface area (Å²) in [4.78, 5) is 2.30. The minimum atomic E-state index is 0.891. The molecule has 0 atom stereocenters. The van der Waals surface area contributed by atoms with Gasteiger partial charge in [-0.25, -0.2) is 0 Å². The third kappa shape index (κ3) is 3.54. The lowest BCUT2D eigenvalue weighted by molar-refractivity contribution is 0.318. The van der Waals surface area contributed by atoms with Gasteiger partial charge in [-0.2, -0.15) is 5.10 Å². The lowest BCUT2D eigenvalue weighted by Crippen LogP contribution is -2.17. The maximum Gasteiger partial charge on any atom is 0.134 e. The number of hydrogen-bond acceptors (Lipinski definition) is 3. The van der Waals surface area contributed by atoms with Crippen molar-refractivity contribution in [3.63, 3.8) is 0 Å². The third-order valence-corrected chi connectivity index (χ3v) is 4.18. The van der Waals surface area contributed by atoms with Crippen molar-refractivity contribution in [1.82, 2.24) is 14.7 Å². The molecular weight excluding hydrogens is 286 g/mol. The van der Waals surface area contributed by atoms with Crippen LogP contribution in [0.15, 0.2) is 47.0 Å². The normalized spacial score (nSPS) is 11.3. The Hall–Kier alpha value is -2.33. The summed E-state index contributed by atoms with van der Waals surface area (Å²) in [6, 6.07) is 12.6. The molecule has 0 saturated heterocycles. The van der Waals surface area contributed by atoms with E-state index in [1.165, 1.54) is 16.8 Å². The van der Waals surface area contributed by atoms with Crippen molar-refractivity contribution >= 4 is 0 Å². The highest BCUT2D eigenvalue weighted by atomic mass is 16.3. The minimum absolute atomic E-state index is 0.891. The second kappa shape index (κ2) is 6.42. The van der Waals surface area contributed by atoms with E-state index in [1.54, 1.807) is 0 Å². The fraction of sp³-hybridized carbons (Fsp3) is 0.316. The predicted octanol–water partition coefficient (Wildman–Crippen LogP) is 3.93. The highest BCUT2D eigenvalue weighted by molar-refractivity contribution is 5.58. The molecule has 0 aliphatic carbocycles. The molecule has 0 amide bonds. The van der Waals surface area contributed by atoms with E-state index in [0.29, 0.717) is 0 Å². The molecule has 0 unspecified atom stereocenters. The van der Waals surface area contributed by atoms with Gasteiger partial charge in [0, 0.05) is 37.0 Å². The van der Waals surface area contributed by atoms with E-state index in [9.17, 15) is 0 Å². The van der Waals surface area contributed by atoms with Gasteiger partial charge in [0.2, 0.25) is 0 Å². The van der Waals surface area contributed by atoms with Crippen LogP contribution in [-0.2, 0) is 20.1 Å². The van der Waals surface area contributed by atoms with Crippen LogP contribution in [0.25, 0.3) is 11.3 Å². The Morgan fingerprint density at radius 2 is 1.96 bits per heavy atom. The average molecular weight is 309 g/mol. The van der Waals surface area contributed by atoms with E-state index >= 15 is 0 Å². The lowest BCUT2D eigenvalue weighted by Gasteiger charge is -2.17. The fourth-order valence-corrected chi connectivity index (χ4v) is 2.77. The number of aryl methyl sites for hydroxylation is 2. The second-order valence-electron chi connectivity index (χ2n) is 6.16. The van der Waals surface area contributed by atoms with Gasteiger partial charge in [0.05, 0.1) is 6.20 Å². The molecule has 23 heavy (non-hydrogen) atoms. The zero-order chi connectivity index (χ0) is 16.4. The Morgan fingerprint density at radius 1 is 1.13 bits per heavy atom. The van der Waals surface area contributed by atoms with Crippen LogP contribution in [0.1, 0.15) is 22.6 Å². The van der Waals surface area contributed by atoms with E-state index < -0.39 is 0 Å². The molecule has 3 aromatic rings. The highest BCUT2D eigenvalue weighted by Gasteiger charge is 2.09. The molecule has 4 heteroatoms. The molecule has 1 aromatic carbocycles. The van der Waals surface area contributed by atoms with Crippen molar-refractivity contribution in [1.29, 1.82) is 0 Å². The highest BCUT2D eigenvalue weighted by Crippen LogP contribution is 2.23. The molecule has 0 spiro atoms. The van der Waals surface area contributed by atoms with Crippen LogP contribution in [-0.4, -0.2) is 21.7 Å².